The Morgan fingerprint density at radius 2 is 2.20 bits per heavy atom. The number of anilines is 3. The zero-order chi connectivity index (χ0) is 14.5. The van der Waals surface area contributed by atoms with E-state index in [1.54, 1.807) is 11.8 Å². The molecule has 5 nitrogen and oxygen atoms in total. The third-order valence-electron chi connectivity index (χ3n) is 2.54. The Balaban J connectivity index is 2.19. The van der Waals surface area contributed by atoms with E-state index in [9.17, 15) is 4.79 Å². The summed E-state index contributed by atoms with van der Waals surface area (Å²) < 4.78 is 0. The minimum atomic E-state index is -0.231. The number of hydrogen-bond donors (Lipinski definition) is 3. The average Bonchev–Trinajstić information content (AvgIpc) is 2.81. The number of para-hydroxylation sites is 1. The predicted octanol–water partition coefficient (Wildman–Crippen LogP) is 3.13. The topological polar surface area (TPSA) is 80.0 Å². The van der Waals surface area contributed by atoms with Crippen molar-refractivity contribution in [1.29, 1.82) is 0 Å². The van der Waals surface area contributed by atoms with Crippen molar-refractivity contribution in [3.63, 3.8) is 0 Å². The Kier molecular flexibility index (Phi) is 4.86. The number of nitrogens with two attached hydrogens (primary N) is 1. The molecule has 4 N–H and O–H groups in total. The number of amides is 1. The van der Waals surface area contributed by atoms with Gasteiger partial charge in [-0.15, -0.1) is 11.8 Å². The van der Waals surface area contributed by atoms with E-state index in [1.807, 2.05) is 37.4 Å². The minimum absolute atomic E-state index is 0.231. The maximum absolute atomic E-state index is 12.3. The second-order valence-electron chi connectivity index (χ2n) is 3.92. The molecule has 0 aliphatic carbocycles. The minimum Gasteiger partial charge on any atom is -0.382 e. The van der Waals surface area contributed by atoms with Crippen molar-refractivity contribution >= 4 is 45.6 Å². The van der Waals surface area contributed by atoms with Gasteiger partial charge >= 0.3 is 0 Å². The molecule has 0 fully saturated rings. The molecule has 1 amide bonds. The van der Waals surface area contributed by atoms with Gasteiger partial charge in [-0.3, -0.25) is 4.79 Å². The smallest absolute Gasteiger partial charge is 0.269 e. The molecule has 2 rings (SSSR count). The lowest BCUT2D eigenvalue weighted by atomic mass is 10.3. The van der Waals surface area contributed by atoms with E-state index < -0.39 is 0 Å². The van der Waals surface area contributed by atoms with Gasteiger partial charge in [-0.1, -0.05) is 23.5 Å². The third-order valence-corrected chi connectivity index (χ3v) is 4.37. The number of nitrogens with zero attached hydrogens (tertiary/aromatic N) is 1. The number of nitrogen functional groups attached to an aromatic ring is 1. The second-order valence-corrected chi connectivity index (χ2v) is 5.77. The SMILES string of the molecule is CCNc1nc(N)c(C(=O)Nc2ccccc2SC)s1. The number of aromatic nitrogens is 1. The molecule has 0 saturated heterocycles. The van der Waals surface area contributed by atoms with Crippen LogP contribution in [0, 0.1) is 0 Å². The average molecular weight is 308 g/mol. The quantitative estimate of drug-likeness (QED) is 0.739. The lowest BCUT2D eigenvalue weighted by Gasteiger charge is -2.08. The molecule has 1 heterocycles. The van der Waals surface area contributed by atoms with Crippen LogP contribution in [0.25, 0.3) is 0 Å². The van der Waals surface area contributed by atoms with Crippen LogP contribution in [0.2, 0.25) is 0 Å². The van der Waals surface area contributed by atoms with Gasteiger partial charge in [0.05, 0.1) is 5.69 Å². The maximum Gasteiger partial charge on any atom is 0.269 e. The van der Waals surface area contributed by atoms with E-state index in [-0.39, 0.29) is 11.7 Å². The lowest BCUT2D eigenvalue weighted by molar-refractivity contribution is 0.103. The van der Waals surface area contributed by atoms with Crippen LogP contribution in [-0.2, 0) is 0 Å². The van der Waals surface area contributed by atoms with Crippen LogP contribution in [-0.4, -0.2) is 23.7 Å². The van der Waals surface area contributed by atoms with Crippen molar-refractivity contribution in [3.8, 4) is 0 Å². The highest BCUT2D eigenvalue weighted by molar-refractivity contribution is 7.98. The number of nitrogens with one attached hydrogen (secondary N) is 2. The van der Waals surface area contributed by atoms with Gasteiger partial charge in [-0.2, -0.15) is 0 Å². The molecule has 0 saturated carbocycles. The molecule has 0 unspecified atom stereocenters. The molecule has 0 aliphatic heterocycles. The van der Waals surface area contributed by atoms with Crippen LogP contribution in [0.5, 0.6) is 0 Å². The van der Waals surface area contributed by atoms with Gasteiger partial charge in [-0.25, -0.2) is 4.98 Å². The highest BCUT2D eigenvalue weighted by Crippen LogP contribution is 2.28. The summed E-state index contributed by atoms with van der Waals surface area (Å²) in [6.45, 7) is 2.70. The van der Waals surface area contributed by atoms with Crippen molar-refractivity contribution in [2.24, 2.45) is 0 Å². The fourth-order valence-electron chi connectivity index (χ4n) is 1.65. The summed E-state index contributed by atoms with van der Waals surface area (Å²) >= 11 is 2.84. The molecule has 0 atom stereocenters. The molecule has 20 heavy (non-hydrogen) atoms. The van der Waals surface area contributed by atoms with Gasteiger partial charge < -0.3 is 16.4 Å². The van der Waals surface area contributed by atoms with E-state index in [2.05, 4.69) is 15.6 Å². The largest absolute Gasteiger partial charge is 0.382 e. The standard InChI is InChI=1S/C13H16N4OS2/c1-3-15-13-17-11(14)10(20-13)12(18)16-8-6-4-5-7-9(8)19-2/h4-7H,3,14H2,1-2H3,(H,15,17)(H,16,18). The van der Waals surface area contributed by atoms with Crippen LogP contribution in [0.15, 0.2) is 29.2 Å². The first-order chi connectivity index (χ1) is 9.65. The van der Waals surface area contributed by atoms with Gasteiger partial charge in [0.15, 0.2) is 5.13 Å². The summed E-state index contributed by atoms with van der Waals surface area (Å²) in [6, 6.07) is 7.65. The molecule has 0 radical (unpaired) electrons. The zero-order valence-electron chi connectivity index (χ0n) is 11.3. The maximum atomic E-state index is 12.3. The number of rotatable bonds is 5. The molecule has 106 valence electrons. The first kappa shape index (κ1) is 14.7. The molecule has 7 heteroatoms. The van der Waals surface area contributed by atoms with E-state index in [0.29, 0.717) is 10.0 Å². The van der Waals surface area contributed by atoms with Crippen LogP contribution in [0.1, 0.15) is 16.6 Å². The molecule has 1 aromatic carbocycles. The van der Waals surface area contributed by atoms with Crippen LogP contribution in [0.4, 0.5) is 16.6 Å². The van der Waals surface area contributed by atoms with Gasteiger partial charge in [0, 0.05) is 11.4 Å². The Morgan fingerprint density at radius 3 is 2.90 bits per heavy atom. The summed E-state index contributed by atoms with van der Waals surface area (Å²) in [7, 11) is 0. The van der Waals surface area contributed by atoms with Gasteiger partial charge in [-0.05, 0) is 25.3 Å². The monoisotopic (exact) mass is 308 g/mol. The number of thiazole rings is 1. The van der Waals surface area contributed by atoms with Crippen molar-refractivity contribution in [1.82, 2.24) is 4.98 Å². The highest BCUT2D eigenvalue weighted by atomic mass is 32.2. The highest BCUT2D eigenvalue weighted by Gasteiger charge is 2.17. The van der Waals surface area contributed by atoms with Crippen molar-refractivity contribution < 1.29 is 4.79 Å². The van der Waals surface area contributed by atoms with Crippen molar-refractivity contribution in [2.75, 3.05) is 29.2 Å². The Hall–Kier alpha value is -1.73. The molecule has 0 spiro atoms. The fraction of sp³-hybridized carbons (Fsp3) is 0.231. The van der Waals surface area contributed by atoms with E-state index in [4.69, 9.17) is 5.73 Å². The summed E-state index contributed by atoms with van der Waals surface area (Å²) in [5.74, 6) is 0.0238. The first-order valence-electron chi connectivity index (χ1n) is 6.10. The molecule has 1 aromatic heterocycles. The van der Waals surface area contributed by atoms with Crippen molar-refractivity contribution in [3.05, 3.63) is 29.1 Å². The third kappa shape index (κ3) is 3.23. The summed E-state index contributed by atoms with van der Waals surface area (Å²) in [6.07, 6.45) is 1.97. The normalized spacial score (nSPS) is 10.3. The fourth-order valence-corrected chi connectivity index (χ4v) is 3.05. The van der Waals surface area contributed by atoms with Crippen LogP contribution >= 0.6 is 23.1 Å². The summed E-state index contributed by atoms with van der Waals surface area (Å²) in [5, 5.41) is 6.59. The molecular weight excluding hydrogens is 292 g/mol. The second kappa shape index (κ2) is 6.62. The van der Waals surface area contributed by atoms with Gasteiger partial charge in [0.25, 0.3) is 5.91 Å². The van der Waals surface area contributed by atoms with E-state index in [0.717, 1.165) is 17.1 Å². The number of thioether (sulfide) groups is 1. The molecule has 2 aromatic rings. The Morgan fingerprint density at radius 1 is 1.45 bits per heavy atom. The molecule has 0 bridgehead atoms. The number of carbonyl (C=O) groups excluding carboxylic acids is 1. The Labute approximate surface area is 126 Å². The van der Waals surface area contributed by atoms with Gasteiger partial charge in [0.2, 0.25) is 0 Å². The van der Waals surface area contributed by atoms with E-state index in [1.165, 1.54) is 11.3 Å². The van der Waals surface area contributed by atoms with Crippen molar-refractivity contribution in [2.45, 2.75) is 11.8 Å². The van der Waals surface area contributed by atoms with Crippen LogP contribution < -0.4 is 16.4 Å². The zero-order valence-corrected chi connectivity index (χ0v) is 12.9. The van der Waals surface area contributed by atoms with E-state index >= 15 is 0 Å². The molecule has 0 aliphatic rings. The number of benzene rings is 1. The number of hydrogen-bond acceptors (Lipinski definition) is 6. The van der Waals surface area contributed by atoms with Gasteiger partial charge in [0.1, 0.15) is 10.7 Å². The Bertz CT molecular complexity index is 612. The summed E-state index contributed by atoms with van der Waals surface area (Å²) in [5.41, 5.74) is 6.57. The number of carbonyl (C=O) groups is 1. The first-order valence-corrected chi connectivity index (χ1v) is 8.14. The lowest BCUT2D eigenvalue weighted by Crippen LogP contribution is -2.12. The summed E-state index contributed by atoms with van der Waals surface area (Å²) in [4.78, 5) is 17.8. The molecular formula is C13H16N4OS2. The van der Waals surface area contributed by atoms with Crippen LogP contribution in [0.3, 0.4) is 0 Å². The predicted molar refractivity (Wildman–Crippen MR) is 86.9 cm³/mol.